The molecule has 1 aromatic heterocycles. The molecule has 0 bridgehead atoms. The molecule has 0 atom stereocenters. The highest BCUT2D eigenvalue weighted by atomic mass is 32.1. The van der Waals surface area contributed by atoms with Crippen molar-refractivity contribution < 1.29 is 9.53 Å². The van der Waals surface area contributed by atoms with E-state index in [4.69, 9.17) is 12.2 Å². The number of thiocarbonyl (C=S) groups is 1. The Hall–Kier alpha value is -1.47. The van der Waals surface area contributed by atoms with Crippen LogP contribution in [0.4, 0.5) is 0 Å². The van der Waals surface area contributed by atoms with Crippen molar-refractivity contribution in [3.63, 3.8) is 0 Å². The van der Waals surface area contributed by atoms with E-state index >= 15 is 0 Å². The lowest BCUT2D eigenvalue weighted by Gasteiger charge is -2.07. The van der Waals surface area contributed by atoms with Gasteiger partial charge in [0.15, 0.2) is 5.11 Å². The molecule has 0 amide bonds. The van der Waals surface area contributed by atoms with Gasteiger partial charge in [0.1, 0.15) is 0 Å². The minimum absolute atomic E-state index is 0.154. The minimum atomic E-state index is -0.154. The van der Waals surface area contributed by atoms with E-state index in [2.05, 4.69) is 20.6 Å². The van der Waals surface area contributed by atoms with Crippen LogP contribution in [-0.2, 0) is 9.53 Å². The number of rotatable bonds is 8. The second kappa shape index (κ2) is 10.3. The third-order valence-electron chi connectivity index (χ3n) is 2.77. The van der Waals surface area contributed by atoms with Gasteiger partial charge in [-0.1, -0.05) is 12.5 Å². The highest BCUT2D eigenvalue weighted by Crippen LogP contribution is 2.09. The summed E-state index contributed by atoms with van der Waals surface area (Å²) in [5, 5.41) is 9.84. The first-order valence-electron chi connectivity index (χ1n) is 6.82. The molecule has 2 N–H and O–H groups in total. The zero-order valence-electron chi connectivity index (χ0n) is 12.3. The summed E-state index contributed by atoms with van der Waals surface area (Å²) in [6.07, 6.45) is 3.22. The maximum absolute atomic E-state index is 10.9. The van der Waals surface area contributed by atoms with Crippen LogP contribution in [0.25, 0.3) is 0 Å². The van der Waals surface area contributed by atoms with Crippen LogP contribution < -0.4 is 10.7 Å². The molecule has 0 aliphatic rings. The first-order valence-corrected chi connectivity index (χ1v) is 8.11. The molecule has 5 nitrogen and oxygen atoms in total. The van der Waals surface area contributed by atoms with E-state index in [-0.39, 0.29) is 5.97 Å². The van der Waals surface area contributed by atoms with E-state index in [1.165, 1.54) is 7.11 Å². The largest absolute Gasteiger partial charge is 0.469 e. The molecule has 7 heteroatoms. The Morgan fingerprint density at radius 1 is 1.43 bits per heavy atom. The summed E-state index contributed by atoms with van der Waals surface area (Å²) >= 11 is 6.78. The molecule has 0 aromatic carbocycles. The van der Waals surface area contributed by atoms with Crippen LogP contribution in [0.2, 0.25) is 0 Å². The summed E-state index contributed by atoms with van der Waals surface area (Å²) in [5.41, 5.74) is 3.74. The van der Waals surface area contributed by atoms with Crippen LogP contribution in [-0.4, -0.2) is 30.4 Å². The van der Waals surface area contributed by atoms with Gasteiger partial charge in [0.2, 0.25) is 0 Å². The molecular formula is C14H21N3O2S2. The zero-order valence-corrected chi connectivity index (χ0v) is 14.0. The number of hydrogen-bond acceptors (Lipinski definition) is 5. The van der Waals surface area contributed by atoms with Crippen molar-refractivity contribution in [3.05, 3.63) is 22.4 Å². The molecule has 1 aromatic rings. The smallest absolute Gasteiger partial charge is 0.305 e. The molecule has 1 heterocycles. The van der Waals surface area contributed by atoms with Crippen molar-refractivity contribution in [2.24, 2.45) is 5.10 Å². The Bertz CT molecular complexity index is 473. The highest BCUT2D eigenvalue weighted by Gasteiger charge is 2.00. The quantitative estimate of drug-likeness (QED) is 0.253. The van der Waals surface area contributed by atoms with Gasteiger partial charge >= 0.3 is 5.97 Å². The lowest BCUT2D eigenvalue weighted by Crippen LogP contribution is -2.33. The van der Waals surface area contributed by atoms with Crippen LogP contribution >= 0.6 is 23.6 Å². The fourth-order valence-corrected chi connectivity index (χ4v) is 2.41. The predicted molar refractivity (Wildman–Crippen MR) is 90.8 cm³/mol. The molecule has 0 aliphatic heterocycles. The van der Waals surface area contributed by atoms with Gasteiger partial charge in [-0.15, -0.1) is 11.3 Å². The van der Waals surface area contributed by atoms with E-state index in [1.807, 2.05) is 24.4 Å². The molecule has 1 rings (SSSR count). The number of carbonyl (C=O) groups excluding carboxylic acids is 1. The van der Waals surface area contributed by atoms with Crippen molar-refractivity contribution in [1.29, 1.82) is 0 Å². The average Bonchev–Trinajstić information content (AvgIpc) is 3.02. The van der Waals surface area contributed by atoms with Gasteiger partial charge < -0.3 is 10.1 Å². The van der Waals surface area contributed by atoms with Crippen LogP contribution in [0.1, 0.15) is 37.5 Å². The zero-order chi connectivity index (χ0) is 15.5. The molecule has 0 aliphatic carbocycles. The van der Waals surface area contributed by atoms with Crippen LogP contribution in [0.15, 0.2) is 22.6 Å². The minimum Gasteiger partial charge on any atom is -0.469 e. The molecule has 0 spiro atoms. The molecule has 0 radical (unpaired) electrons. The Labute approximate surface area is 134 Å². The molecule has 0 saturated heterocycles. The number of nitrogens with zero attached hydrogens (tertiary/aromatic N) is 1. The molecule has 0 unspecified atom stereocenters. The number of hydrazone groups is 1. The maximum atomic E-state index is 10.9. The number of nitrogens with one attached hydrogen (secondary N) is 2. The van der Waals surface area contributed by atoms with Crippen molar-refractivity contribution in [2.45, 2.75) is 32.6 Å². The van der Waals surface area contributed by atoms with Gasteiger partial charge in [0.25, 0.3) is 0 Å². The van der Waals surface area contributed by atoms with Gasteiger partial charge in [-0.3, -0.25) is 10.2 Å². The van der Waals surface area contributed by atoms with Crippen LogP contribution in [0.3, 0.4) is 0 Å². The number of unbranched alkanes of at least 4 members (excludes halogenated alkanes) is 2. The highest BCUT2D eigenvalue weighted by molar-refractivity contribution is 7.80. The van der Waals surface area contributed by atoms with Crippen molar-refractivity contribution in [1.82, 2.24) is 10.7 Å². The molecule has 0 fully saturated rings. The van der Waals surface area contributed by atoms with E-state index in [0.29, 0.717) is 11.5 Å². The molecule has 0 saturated carbocycles. The molecule has 21 heavy (non-hydrogen) atoms. The second-order valence-electron chi connectivity index (χ2n) is 4.43. The number of thiophene rings is 1. The maximum Gasteiger partial charge on any atom is 0.305 e. The number of methoxy groups -OCH3 is 1. The monoisotopic (exact) mass is 327 g/mol. The predicted octanol–water partition coefficient (Wildman–Crippen LogP) is 2.67. The Balaban J connectivity index is 2.09. The first kappa shape index (κ1) is 17.6. The van der Waals surface area contributed by atoms with Crippen molar-refractivity contribution in [2.75, 3.05) is 13.7 Å². The van der Waals surface area contributed by atoms with Crippen LogP contribution in [0, 0.1) is 0 Å². The third kappa shape index (κ3) is 7.77. The summed E-state index contributed by atoms with van der Waals surface area (Å²) in [4.78, 5) is 12.0. The summed E-state index contributed by atoms with van der Waals surface area (Å²) in [7, 11) is 1.41. The normalized spacial score (nSPS) is 11.0. The Kier molecular flexibility index (Phi) is 8.61. The van der Waals surface area contributed by atoms with Crippen LogP contribution in [0.5, 0.6) is 0 Å². The first-order chi connectivity index (χ1) is 10.1. The number of carbonyl (C=O) groups is 1. The second-order valence-corrected chi connectivity index (χ2v) is 5.78. The number of esters is 1. The van der Waals surface area contributed by atoms with Gasteiger partial charge in [-0.25, -0.2) is 0 Å². The van der Waals surface area contributed by atoms with E-state index in [0.717, 1.165) is 36.4 Å². The van der Waals surface area contributed by atoms with Gasteiger partial charge in [-0.05, 0) is 43.4 Å². The van der Waals surface area contributed by atoms with E-state index in [1.54, 1.807) is 11.3 Å². The summed E-state index contributed by atoms with van der Waals surface area (Å²) in [6, 6.07) is 4.01. The van der Waals surface area contributed by atoms with E-state index < -0.39 is 0 Å². The van der Waals surface area contributed by atoms with Gasteiger partial charge in [0, 0.05) is 17.8 Å². The summed E-state index contributed by atoms with van der Waals surface area (Å²) in [5.74, 6) is -0.154. The SMILES string of the molecule is COC(=O)CCCCCNC(=S)N/N=C(/C)c1cccs1. The Morgan fingerprint density at radius 2 is 2.24 bits per heavy atom. The van der Waals surface area contributed by atoms with Gasteiger partial charge in [-0.2, -0.15) is 5.10 Å². The molecule has 116 valence electrons. The fourth-order valence-electron chi connectivity index (χ4n) is 1.59. The Morgan fingerprint density at radius 3 is 2.90 bits per heavy atom. The average molecular weight is 327 g/mol. The number of hydrogen-bond donors (Lipinski definition) is 2. The lowest BCUT2D eigenvalue weighted by atomic mass is 10.2. The van der Waals surface area contributed by atoms with Crippen molar-refractivity contribution in [3.8, 4) is 0 Å². The van der Waals surface area contributed by atoms with Gasteiger partial charge in [0.05, 0.1) is 12.8 Å². The number of ether oxygens (including phenoxy) is 1. The van der Waals surface area contributed by atoms with Crippen molar-refractivity contribution >= 4 is 40.3 Å². The fraction of sp³-hybridized carbons (Fsp3) is 0.500. The van der Waals surface area contributed by atoms with E-state index in [9.17, 15) is 4.79 Å². The third-order valence-corrected chi connectivity index (χ3v) is 3.99. The standard InChI is InChI=1S/C14H21N3O2S2/c1-11(12-7-6-10-21-12)16-17-14(20)15-9-5-3-4-8-13(18)19-2/h6-7,10H,3-5,8-9H2,1-2H3,(H2,15,17,20)/b16-11-. The topological polar surface area (TPSA) is 62.7 Å². The summed E-state index contributed by atoms with van der Waals surface area (Å²) in [6.45, 7) is 2.70. The molecular weight excluding hydrogens is 306 g/mol. The lowest BCUT2D eigenvalue weighted by molar-refractivity contribution is -0.140. The summed E-state index contributed by atoms with van der Waals surface area (Å²) < 4.78 is 4.58.